The zero-order chi connectivity index (χ0) is 14.5. The molecule has 1 atom stereocenters. The summed E-state index contributed by atoms with van der Waals surface area (Å²) >= 11 is 0. The molecular formula is C16H24ClN5. The number of aromatic nitrogens is 4. The largest absolute Gasteiger partial charge is 0.316 e. The highest BCUT2D eigenvalue weighted by molar-refractivity contribution is 5.85. The monoisotopic (exact) mass is 321 g/mol. The van der Waals surface area contributed by atoms with Crippen molar-refractivity contribution >= 4 is 12.4 Å². The molecule has 1 N–H and O–H groups in total. The third-order valence-corrected chi connectivity index (χ3v) is 4.02. The molecule has 1 aliphatic heterocycles. The number of halogens is 1. The quantitative estimate of drug-likeness (QED) is 0.920. The molecule has 0 aromatic carbocycles. The Labute approximate surface area is 138 Å². The van der Waals surface area contributed by atoms with Crippen molar-refractivity contribution in [2.75, 3.05) is 13.1 Å². The van der Waals surface area contributed by atoms with Gasteiger partial charge in [0.1, 0.15) is 5.69 Å². The molecule has 0 aliphatic carbocycles. The molecule has 0 saturated carbocycles. The molecule has 1 unspecified atom stereocenters. The molecule has 120 valence electrons. The first kappa shape index (κ1) is 16.9. The first-order valence-electron chi connectivity index (χ1n) is 7.90. The molecule has 2 aromatic heterocycles. The summed E-state index contributed by atoms with van der Waals surface area (Å²) in [6.45, 7) is 5.33. The van der Waals surface area contributed by atoms with Gasteiger partial charge in [0.05, 0.1) is 17.6 Å². The fraction of sp³-hybridized carbons (Fsp3) is 0.562. The fourth-order valence-corrected chi connectivity index (χ4v) is 2.93. The predicted molar refractivity (Wildman–Crippen MR) is 90.1 cm³/mol. The van der Waals surface area contributed by atoms with Gasteiger partial charge in [-0.1, -0.05) is 6.92 Å². The van der Waals surface area contributed by atoms with Gasteiger partial charge in [0.15, 0.2) is 0 Å². The van der Waals surface area contributed by atoms with Gasteiger partial charge in [0, 0.05) is 18.9 Å². The van der Waals surface area contributed by atoms with E-state index in [0.29, 0.717) is 5.92 Å². The molecule has 1 fully saturated rings. The van der Waals surface area contributed by atoms with Crippen molar-refractivity contribution in [2.45, 2.75) is 39.2 Å². The third-order valence-electron chi connectivity index (χ3n) is 4.02. The molecular weight excluding hydrogens is 298 g/mol. The van der Waals surface area contributed by atoms with Crippen molar-refractivity contribution in [3.05, 3.63) is 30.4 Å². The maximum atomic E-state index is 4.60. The summed E-state index contributed by atoms with van der Waals surface area (Å²) in [4.78, 5) is 9.18. The lowest BCUT2D eigenvalue weighted by atomic mass is 9.95. The zero-order valence-corrected chi connectivity index (χ0v) is 13.9. The Morgan fingerprint density at radius 1 is 1.32 bits per heavy atom. The Morgan fingerprint density at radius 3 is 2.91 bits per heavy atom. The van der Waals surface area contributed by atoms with E-state index in [1.54, 1.807) is 0 Å². The smallest absolute Gasteiger partial charge is 0.107 e. The maximum absolute atomic E-state index is 4.60. The Hall–Kier alpha value is -1.46. The van der Waals surface area contributed by atoms with Crippen LogP contribution in [0.4, 0.5) is 0 Å². The number of hydrogen-bond donors (Lipinski definition) is 1. The standard InChI is InChI=1S/C16H23N5.ClH/c1-2-8-21-16(5-7-20-21)15-12-18-14(11-19-15)9-13-4-3-6-17-10-13;/h5,7,11-13,17H,2-4,6,8-10H2,1H3;1H. The van der Waals surface area contributed by atoms with Gasteiger partial charge in [0.2, 0.25) is 0 Å². The minimum atomic E-state index is 0. The molecule has 0 amide bonds. The molecule has 1 saturated heterocycles. The van der Waals surface area contributed by atoms with Crippen LogP contribution in [0, 0.1) is 5.92 Å². The predicted octanol–water partition coefficient (Wildman–Crippen LogP) is 2.71. The van der Waals surface area contributed by atoms with Gasteiger partial charge in [0.25, 0.3) is 0 Å². The minimum Gasteiger partial charge on any atom is -0.316 e. The number of rotatable bonds is 5. The van der Waals surface area contributed by atoms with Crippen LogP contribution in [-0.4, -0.2) is 32.8 Å². The van der Waals surface area contributed by atoms with E-state index in [4.69, 9.17) is 0 Å². The molecule has 3 rings (SSSR count). The number of piperidine rings is 1. The van der Waals surface area contributed by atoms with E-state index in [1.807, 2.05) is 29.3 Å². The van der Waals surface area contributed by atoms with Gasteiger partial charge in [-0.05, 0) is 50.8 Å². The van der Waals surface area contributed by atoms with E-state index in [-0.39, 0.29) is 12.4 Å². The van der Waals surface area contributed by atoms with E-state index in [9.17, 15) is 0 Å². The second-order valence-corrected chi connectivity index (χ2v) is 5.75. The molecule has 1 aliphatic rings. The number of nitrogens with zero attached hydrogens (tertiary/aromatic N) is 4. The molecule has 3 heterocycles. The lowest BCUT2D eigenvalue weighted by molar-refractivity contribution is 0.373. The normalized spacial score (nSPS) is 18.0. The molecule has 0 bridgehead atoms. The summed E-state index contributed by atoms with van der Waals surface area (Å²) in [5.74, 6) is 0.699. The van der Waals surface area contributed by atoms with Crippen molar-refractivity contribution in [1.82, 2.24) is 25.1 Å². The summed E-state index contributed by atoms with van der Waals surface area (Å²) in [5, 5.41) is 7.79. The Kier molecular flexibility index (Phi) is 6.34. The lowest BCUT2D eigenvalue weighted by Crippen LogP contribution is -2.31. The van der Waals surface area contributed by atoms with Crippen LogP contribution in [0.2, 0.25) is 0 Å². The van der Waals surface area contributed by atoms with Gasteiger partial charge < -0.3 is 5.32 Å². The number of hydrogen-bond acceptors (Lipinski definition) is 4. The first-order chi connectivity index (χ1) is 10.4. The van der Waals surface area contributed by atoms with Crippen LogP contribution in [0.15, 0.2) is 24.7 Å². The fourth-order valence-electron chi connectivity index (χ4n) is 2.93. The molecule has 6 heteroatoms. The number of nitrogens with one attached hydrogen (secondary N) is 1. The average molecular weight is 322 g/mol. The summed E-state index contributed by atoms with van der Waals surface area (Å²) in [6, 6.07) is 2.00. The second-order valence-electron chi connectivity index (χ2n) is 5.75. The van der Waals surface area contributed by atoms with Gasteiger partial charge >= 0.3 is 0 Å². The van der Waals surface area contributed by atoms with E-state index >= 15 is 0 Å². The first-order valence-corrected chi connectivity index (χ1v) is 7.90. The highest BCUT2D eigenvalue weighted by Crippen LogP contribution is 2.18. The van der Waals surface area contributed by atoms with Crippen LogP contribution in [-0.2, 0) is 13.0 Å². The van der Waals surface area contributed by atoms with Crippen LogP contribution in [0.3, 0.4) is 0 Å². The topological polar surface area (TPSA) is 55.6 Å². The van der Waals surface area contributed by atoms with E-state index in [0.717, 1.165) is 49.6 Å². The average Bonchev–Trinajstić information content (AvgIpc) is 2.98. The van der Waals surface area contributed by atoms with Crippen LogP contribution >= 0.6 is 12.4 Å². The van der Waals surface area contributed by atoms with Crippen molar-refractivity contribution in [2.24, 2.45) is 5.92 Å². The van der Waals surface area contributed by atoms with Gasteiger partial charge in [-0.15, -0.1) is 12.4 Å². The van der Waals surface area contributed by atoms with Crippen molar-refractivity contribution in [3.63, 3.8) is 0 Å². The van der Waals surface area contributed by atoms with Crippen LogP contribution in [0.25, 0.3) is 11.4 Å². The number of aryl methyl sites for hydroxylation is 1. The summed E-state index contributed by atoms with van der Waals surface area (Å²) in [5.41, 5.74) is 3.05. The molecule has 22 heavy (non-hydrogen) atoms. The van der Waals surface area contributed by atoms with Crippen molar-refractivity contribution in [3.8, 4) is 11.4 Å². The Bertz CT molecular complexity index is 560. The highest BCUT2D eigenvalue weighted by atomic mass is 35.5. The van der Waals surface area contributed by atoms with E-state index in [2.05, 4.69) is 27.3 Å². The van der Waals surface area contributed by atoms with E-state index < -0.39 is 0 Å². The SMILES string of the molecule is CCCn1nccc1-c1cnc(CC2CCCNC2)cn1.Cl. The van der Waals surface area contributed by atoms with Crippen molar-refractivity contribution in [1.29, 1.82) is 0 Å². The van der Waals surface area contributed by atoms with Crippen LogP contribution in [0.5, 0.6) is 0 Å². The lowest BCUT2D eigenvalue weighted by Gasteiger charge is -2.22. The Balaban J connectivity index is 0.00000176. The van der Waals surface area contributed by atoms with Gasteiger partial charge in [-0.25, -0.2) is 0 Å². The van der Waals surface area contributed by atoms with Crippen molar-refractivity contribution < 1.29 is 0 Å². The highest BCUT2D eigenvalue weighted by Gasteiger charge is 2.14. The van der Waals surface area contributed by atoms with Gasteiger partial charge in [-0.3, -0.25) is 14.6 Å². The molecule has 0 spiro atoms. The van der Waals surface area contributed by atoms with Crippen LogP contribution in [0.1, 0.15) is 31.9 Å². The summed E-state index contributed by atoms with van der Waals surface area (Å²) in [7, 11) is 0. The Morgan fingerprint density at radius 2 is 2.23 bits per heavy atom. The molecule has 5 nitrogen and oxygen atoms in total. The molecule has 2 aromatic rings. The summed E-state index contributed by atoms with van der Waals surface area (Å²) < 4.78 is 1.99. The third kappa shape index (κ3) is 4.05. The second kappa shape index (κ2) is 8.25. The van der Waals surface area contributed by atoms with E-state index in [1.165, 1.54) is 12.8 Å². The molecule has 0 radical (unpaired) electrons. The van der Waals surface area contributed by atoms with Crippen LogP contribution < -0.4 is 5.32 Å². The zero-order valence-electron chi connectivity index (χ0n) is 13.0. The summed E-state index contributed by atoms with van der Waals surface area (Å²) in [6.07, 6.45) is 10.3. The maximum Gasteiger partial charge on any atom is 0.107 e. The van der Waals surface area contributed by atoms with Gasteiger partial charge in [-0.2, -0.15) is 5.10 Å². The minimum absolute atomic E-state index is 0.